The molecule has 0 aliphatic rings. The molecule has 0 saturated carbocycles. The highest BCUT2D eigenvalue weighted by Gasteiger charge is 2.09. The maximum atomic E-state index is 12.4. The van der Waals surface area contributed by atoms with E-state index in [2.05, 4.69) is 21.8 Å². The third kappa shape index (κ3) is 5.28. The lowest BCUT2D eigenvalue weighted by atomic mass is 10.1. The van der Waals surface area contributed by atoms with E-state index in [1.807, 2.05) is 36.4 Å². The second kappa shape index (κ2) is 8.82. The SMILES string of the molecule is O=[N+]([O-])c1ccc(S(=O)(=O)[N-]/N=C(/C#Cc2ccccc2)c2ccccc2)cc1. The zero-order chi connectivity index (χ0) is 20.7. The molecule has 0 aliphatic carbocycles. The van der Waals surface area contributed by atoms with Crippen LogP contribution in [0.2, 0.25) is 0 Å². The summed E-state index contributed by atoms with van der Waals surface area (Å²) < 4.78 is 24.9. The van der Waals surface area contributed by atoms with Crippen molar-refractivity contribution in [2.45, 2.75) is 4.90 Å². The molecule has 0 unspecified atom stereocenters. The van der Waals surface area contributed by atoms with E-state index in [0.717, 1.165) is 29.8 Å². The zero-order valence-corrected chi connectivity index (χ0v) is 15.8. The van der Waals surface area contributed by atoms with E-state index >= 15 is 0 Å². The first-order valence-corrected chi connectivity index (χ1v) is 9.82. The first kappa shape index (κ1) is 19.8. The van der Waals surface area contributed by atoms with Gasteiger partial charge in [0.05, 0.1) is 9.82 Å². The molecule has 0 aliphatic heterocycles. The maximum absolute atomic E-state index is 12.4. The molecule has 0 N–H and O–H groups in total. The molecule has 0 fully saturated rings. The van der Waals surface area contributed by atoms with E-state index in [4.69, 9.17) is 0 Å². The number of hydrogen-bond acceptors (Lipinski definition) is 5. The quantitative estimate of drug-likeness (QED) is 0.276. The monoisotopic (exact) mass is 404 g/mol. The molecule has 0 aromatic heterocycles. The molecular weight excluding hydrogens is 390 g/mol. The van der Waals surface area contributed by atoms with E-state index in [9.17, 15) is 18.5 Å². The van der Waals surface area contributed by atoms with Gasteiger partial charge in [0.25, 0.3) is 5.69 Å². The summed E-state index contributed by atoms with van der Waals surface area (Å²) >= 11 is 0. The van der Waals surface area contributed by atoms with E-state index < -0.39 is 14.9 Å². The Morgan fingerprint density at radius 2 is 1.48 bits per heavy atom. The third-order valence-electron chi connectivity index (χ3n) is 3.74. The number of sulfonamides is 1. The number of nitro benzene ring substituents is 1. The summed E-state index contributed by atoms with van der Waals surface area (Å²) in [5.41, 5.74) is 1.32. The van der Waals surface area contributed by atoms with Crippen LogP contribution in [0.1, 0.15) is 11.1 Å². The van der Waals surface area contributed by atoms with Crippen molar-refractivity contribution in [1.29, 1.82) is 0 Å². The van der Waals surface area contributed by atoms with Crippen molar-refractivity contribution >= 4 is 21.4 Å². The summed E-state index contributed by atoms with van der Waals surface area (Å²) in [6, 6.07) is 22.5. The summed E-state index contributed by atoms with van der Waals surface area (Å²) in [6.07, 6.45) is 0. The molecule has 144 valence electrons. The molecular formula is C21H14N3O4S-. The standard InChI is InChI=1S/C21H14N3O4S/c25-24(26)19-12-14-20(15-13-19)29(27,28)23-22-21(18-9-5-2-6-10-18)16-11-17-7-3-1-4-8-17/h1-10,12-15H/q-1/b22-21-. The minimum absolute atomic E-state index is 0.180. The summed E-state index contributed by atoms with van der Waals surface area (Å²) in [6.45, 7) is 0. The molecule has 0 spiro atoms. The van der Waals surface area contributed by atoms with Crippen LogP contribution in [-0.4, -0.2) is 19.1 Å². The Kier molecular flexibility index (Phi) is 6.02. The van der Waals surface area contributed by atoms with Crippen LogP contribution >= 0.6 is 0 Å². The Labute approximate surface area is 167 Å². The average Bonchev–Trinajstić information content (AvgIpc) is 2.75. The van der Waals surface area contributed by atoms with Crippen LogP contribution < -0.4 is 0 Å². The van der Waals surface area contributed by atoms with Gasteiger partial charge in [-0.25, -0.2) is 8.42 Å². The molecule has 0 radical (unpaired) electrons. The van der Waals surface area contributed by atoms with Gasteiger partial charge in [-0.3, -0.25) is 10.1 Å². The van der Waals surface area contributed by atoms with E-state index in [-0.39, 0.29) is 16.3 Å². The summed E-state index contributed by atoms with van der Waals surface area (Å²) in [5, 5.41) is 14.6. The van der Waals surface area contributed by atoms with E-state index in [1.165, 1.54) is 0 Å². The van der Waals surface area contributed by atoms with Crippen molar-refractivity contribution in [2.75, 3.05) is 0 Å². The largest absolute Gasteiger partial charge is 0.489 e. The third-order valence-corrected chi connectivity index (χ3v) is 4.90. The molecule has 29 heavy (non-hydrogen) atoms. The van der Waals surface area contributed by atoms with Crippen LogP contribution in [0.3, 0.4) is 0 Å². The van der Waals surface area contributed by atoms with Gasteiger partial charge in [-0.15, -0.1) is 0 Å². The Bertz CT molecular complexity index is 1200. The maximum Gasteiger partial charge on any atom is 0.269 e. The number of nitrogens with zero attached hydrogens (tertiary/aromatic N) is 3. The Morgan fingerprint density at radius 3 is 2.07 bits per heavy atom. The topological polar surface area (TPSA) is 104 Å². The molecule has 3 aromatic carbocycles. The van der Waals surface area contributed by atoms with Crippen LogP contribution in [0.25, 0.3) is 4.83 Å². The lowest BCUT2D eigenvalue weighted by Gasteiger charge is -2.17. The van der Waals surface area contributed by atoms with Gasteiger partial charge in [-0.1, -0.05) is 54.5 Å². The highest BCUT2D eigenvalue weighted by atomic mass is 32.2. The lowest BCUT2D eigenvalue weighted by molar-refractivity contribution is -0.384. The number of benzene rings is 3. The smallest absolute Gasteiger partial charge is 0.269 e. The molecule has 8 heteroatoms. The number of rotatable bonds is 5. The van der Waals surface area contributed by atoms with Gasteiger partial charge in [0.2, 0.25) is 0 Å². The molecule has 0 amide bonds. The van der Waals surface area contributed by atoms with Crippen LogP contribution in [0.15, 0.2) is 94.9 Å². The summed E-state index contributed by atoms with van der Waals surface area (Å²) in [7, 11) is -4.14. The van der Waals surface area contributed by atoms with Gasteiger partial charge < -0.3 is 9.93 Å². The minimum atomic E-state index is -4.14. The highest BCUT2D eigenvalue weighted by Crippen LogP contribution is 2.21. The van der Waals surface area contributed by atoms with Gasteiger partial charge in [-0.05, 0) is 30.2 Å². The Morgan fingerprint density at radius 1 is 0.897 bits per heavy atom. The fourth-order valence-electron chi connectivity index (χ4n) is 2.29. The lowest BCUT2D eigenvalue weighted by Crippen LogP contribution is -2.02. The predicted molar refractivity (Wildman–Crippen MR) is 110 cm³/mol. The molecule has 0 atom stereocenters. The van der Waals surface area contributed by atoms with Crippen molar-refractivity contribution in [1.82, 2.24) is 0 Å². The van der Waals surface area contributed by atoms with Gasteiger partial charge in [0, 0.05) is 23.3 Å². The van der Waals surface area contributed by atoms with Gasteiger partial charge in [0.15, 0.2) is 0 Å². The van der Waals surface area contributed by atoms with E-state index in [1.54, 1.807) is 24.3 Å². The molecule has 0 bridgehead atoms. The van der Waals surface area contributed by atoms with Crippen LogP contribution in [0.4, 0.5) is 5.69 Å². The number of non-ortho nitro benzene ring substituents is 1. The fraction of sp³-hybridized carbons (Fsp3) is 0. The summed E-state index contributed by atoms with van der Waals surface area (Å²) in [4.78, 5) is 13.4. The second-order valence-corrected chi connectivity index (χ2v) is 7.32. The fourth-order valence-corrected chi connectivity index (χ4v) is 3.05. The molecule has 7 nitrogen and oxygen atoms in total. The Balaban J connectivity index is 1.91. The van der Waals surface area contributed by atoms with Crippen LogP contribution in [-0.2, 0) is 10.0 Å². The van der Waals surface area contributed by atoms with Gasteiger partial charge in [0.1, 0.15) is 15.7 Å². The van der Waals surface area contributed by atoms with Crippen molar-refractivity contribution in [3.05, 3.63) is 111 Å². The molecule has 3 aromatic rings. The molecule has 0 saturated heterocycles. The highest BCUT2D eigenvalue weighted by molar-refractivity contribution is 7.94. The predicted octanol–water partition coefficient (Wildman–Crippen LogP) is 4.11. The first-order chi connectivity index (χ1) is 14.0. The summed E-state index contributed by atoms with van der Waals surface area (Å²) in [5.74, 6) is 5.78. The second-order valence-electron chi connectivity index (χ2n) is 5.74. The number of nitro groups is 1. The van der Waals surface area contributed by atoms with Crippen LogP contribution in [0, 0.1) is 22.0 Å². The zero-order valence-electron chi connectivity index (χ0n) is 15.0. The van der Waals surface area contributed by atoms with Crippen molar-refractivity contribution in [3.63, 3.8) is 0 Å². The Hall–Kier alpha value is -3.96. The number of hydrogen-bond donors (Lipinski definition) is 0. The normalized spacial score (nSPS) is 11.2. The van der Waals surface area contributed by atoms with E-state index in [0.29, 0.717) is 5.56 Å². The molecule has 3 rings (SSSR count). The van der Waals surface area contributed by atoms with Crippen molar-refractivity contribution in [3.8, 4) is 11.8 Å². The van der Waals surface area contributed by atoms with Crippen LogP contribution in [0.5, 0.6) is 0 Å². The molecule has 0 heterocycles. The average molecular weight is 404 g/mol. The van der Waals surface area contributed by atoms with Crippen molar-refractivity contribution < 1.29 is 13.3 Å². The minimum Gasteiger partial charge on any atom is -0.489 e. The van der Waals surface area contributed by atoms with Crippen molar-refractivity contribution in [2.24, 2.45) is 5.10 Å². The first-order valence-electron chi connectivity index (χ1n) is 8.38. The van der Waals surface area contributed by atoms with Gasteiger partial charge >= 0.3 is 0 Å². The van der Waals surface area contributed by atoms with Gasteiger partial charge in [-0.2, -0.15) is 0 Å².